The molecule has 1 aliphatic rings. The summed E-state index contributed by atoms with van der Waals surface area (Å²) in [7, 11) is 1.94. The van der Waals surface area contributed by atoms with Crippen LogP contribution in [0.4, 0.5) is 0 Å². The summed E-state index contributed by atoms with van der Waals surface area (Å²) < 4.78 is 7.81. The van der Waals surface area contributed by atoms with Crippen molar-refractivity contribution < 1.29 is 14.6 Å². The molecule has 1 amide bonds. The zero-order chi connectivity index (χ0) is 19.0. The normalized spacial score (nSPS) is 16.4. The van der Waals surface area contributed by atoms with Crippen LogP contribution in [0.15, 0.2) is 42.5 Å². The Kier molecular flexibility index (Phi) is 4.52. The van der Waals surface area contributed by atoms with Crippen LogP contribution in [0.5, 0.6) is 11.5 Å². The van der Waals surface area contributed by atoms with E-state index in [0.717, 1.165) is 35.2 Å². The highest BCUT2D eigenvalue weighted by Gasteiger charge is 2.22. The van der Waals surface area contributed by atoms with Gasteiger partial charge in [0.1, 0.15) is 11.5 Å². The predicted molar refractivity (Wildman–Crippen MR) is 105 cm³/mol. The lowest BCUT2D eigenvalue weighted by atomic mass is 9.96. The lowest BCUT2D eigenvalue weighted by molar-refractivity contribution is 0.0946. The third-order valence-electron chi connectivity index (χ3n) is 5.52. The molecule has 1 unspecified atom stereocenters. The monoisotopic (exact) mass is 364 g/mol. The minimum atomic E-state index is -0.0952. The lowest BCUT2D eigenvalue weighted by Gasteiger charge is -2.15. The Balaban J connectivity index is 1.53. The molecule has 0 spiro atoms. The number of fused-ring (bicyclic) bond motifs is 2. The number of aromatic nitrogens is 1. The fourth-order valence-electron chi connectivity index (χ4n) is 3.91. The van der Waals surface area contributed by atoms with Gasteiger partial charge in [0.05, 0.1) is 12.2 Å². The molecule has 1 atom stereocenters. The first-order valence-electron chi connectivity index (χ1n) is 9.31. The molecule has 0 saturated heterocycles. The summed E-state index contributed by atoms with van der Waals surface area (Å²) in [5.41, 5.74) is 3.66. The zero-order valence-electron chi connectivity index (χ0n) is 15.7. The summed E-state index contributed by atoms with van der Waals surface area (Å²) in [5, 5.41) is 13.7. The first-order chi connectivity index (χ1) is 13.0. The Labute approximate surface area is 158 Å². The molecule has 2 aromatic carbocycles. The number of para-hydroxylation sites is 1. The zero-order valence-corrected chi connectivity index (χ0v) is 15.7. The van der Waals surface area contributed by atoms with E-state index in [2.05, 4.69) is 11.4 Å². The van der Waals surface area contributed by atoms with Crippen LogP contribution < -0.4 is 10.1 Å². The van der Waals surface area contributed by atoms with Crippen molar-refractivity contribution in [3.63, 3.8) is 0 Å². The van der Waals surface area contributed by atoms with Gasteiger partial charge < -0.3 is 19.7 Å². The lowest BCUT2D eigenvalue weighted by Crippen LogP contribution is -2.30. The molecule has 27 heavy (non-hydrogen) atoms. The summed E-state index contributed by atoms with van der Waals surface area (Å²) in [4.78, 5) is 12.9. The van der Waals surface area contributed by atoms with Crippen molar-refractivity contribution in [3.8, 4) is 11.5 Å². The van der Waals surface area contributed by atoms with E-state index >= 15 is 0 Å². The van der Waals surface area contributed by atoms with Gasteiger partial charge >= 0.3 is 0 Å². The molecule has 1 aliphatic heterocycles. The predicted octanol–water partition coefficient (Wildman–Crippen LogP) is 3.56. The number of ether oxygens (including phenoxy) is 1. The number of rotatable bonds is 3. The number of aryl methyl sites for hydroxylation is 1. The second-order valence-corrected chi connectivity index (χ2v) is 7.25. The molecule has 5 heteroatoms. The quantitative estimate of drug-likeness (QED) is 0.747. The number of amides is 1. The molecule has 4 rings (SSSR count). The van der Waals surface area contributed by atoms with Crippen molar-refractivity contribution in [2.45, 2.75) is 19.8 Å². The Morgan fingerprint density at radius 1 is 1.30 bits per heavy atom. The van der Waals surface area contributed by atoms with Crippen molar-refractivity contribution in [2.75, 3.05) is 13.2 Å². The average molecular weight is 364 g/mol. The topological polar surface area (TPSA) is 63.5 Å². The van der Waals surface area contributed by atoms with E-state index < -0.39 is 0 Å². The van der Waals surface area contributed by atoms with Gasteiger partial charge in [0.2, 0.25) is 0 Å². The van der Waals surface area contributed by atoms with Gasteiger partial charge in [-0.25, -0.2) is 0 Å². The molecule has 0 aliphatic carbocycles. The fraction of sp³-hybridized carbons (Fsp3) is 0.318. The number of phenolic OH excluding ortho intramolecular Hbond substituents is 1. The van der Waals surface area contributed by atoms with Crippen LogP contribution in [0.2, 0.25) is 0 Å². The SMILES string of the molecule is Cc1c(C(=O)NCC2CCOc3ccccc3C2)c2cc(O)ccc2n1C. The van der Waals surface area contributed by atoms with Crippen LogP contribution in [-0.2, 0) is 13.5 Å². The van der Waals surface area contributed by atoms with Crippen LogP contribution in [0.3, 0.4) is 0 Å². The molecule has 0 saturated carbocycles. The van der Waals surface area contributed by atoms with Crippen LogP contribution in [0.25, 0.3) is 10.9 Å². The maximum Gasteiger partial charge on any atom is 0.253 e. The molecule has 0 fully saturated rings. The largest absolute Gasteiger partial charge is 0.508 e. The Morgan fingerprint density at radius 3 is 2.96 bits per heavy atom. The number of phenols is 1. The molecule has 2 N–H and O–H groups in total. The van der Waals surface area contributed by atoms with E-state index in [4.69, 9.17) is 4.74 Å². The second kappa shape index (κ2) is 6.99. The van der Waals surface area contributed by atoms with Crippen molar-refractivity contribution in [1.29, 1.82) is 0 Å². The first kappa shape index (κ1) is 17.5. The van der Waals surface area contributed by atoms with Gasteiger partial charge in [0, 0.05) is 30.2 Å². The van der Waals surface area contributed by atoms with Gasteiger partial charge in [0.25, 0.3) is 5.91 Å². The summed E-state index contributed by atoms with van der Waals surface area (Å²) in [6.45, 7) is 3.20. The van der Waals surface area contributed by atoms with Gasteiger partial charge in [0.15, 0.2) is 0 Å². The highest BCUT2D eigenvalue weighted by atomic mass is 16.5. The van der Waals surface area contributed by atoms with Crippen molar-refractivity contribution in [2.24, 2.45) is 13.0 Å². The van der Waals surface area contributed by atoms with Gasteiger partial charge in [-0.1, -0.05) is 18.2 Å². The summed E-state index contributed by atoms with van der Waals surface area (Å²) >= 11 is 0. The summed E-state index contributed by atoms with van der Waals surface area (Å²) in [6.07, 6.45) is 1.80. The van der Waals surface area contributed by atoms with Crippen LogP contribution in [-0.4, -0.2) is 28.7 Å². The van der Waals surface area contributed by atoms with E-state index in [9.17, 15) is 9.90 Å². The maximum absolute atomic E-state index is 12.9. The number of hydrogen-bond acceptors (Lipinski definition) is 3. The van der Waals surface area contributed by atoms with E-state index in [-0.39, 0.29) is 11.7 Å². The Morgan fingerprint density at radius 2 is 2.11 bits per heavy atom. The molecule has 140 valence electrons. The number of nitrogens with zero attached hydrogens (tertiary/aromatic N) is 1. The summed E-state index contributed by atoms with van der Waals surface area (Å²) in [6, 6.07) is 13.2. The molecule has 1 aromatic heterocycles. The molecule has 5 nitrogen and oxygen atoms in total. The minimum absolute atomic E-state index is 0.0952. The summed E-state index contributed by atoms with van der Waals surface area (Å²) in [5.74, 6) is 1.36. The molecular formula is C22H24N2O3. The van der Waals surface area contributed by atoms with Crippen molar-refractivity contribution in [1.82, 2.24) is 9.88 Å². The number of benzene rings is 2. The number of nitrogens with one attached hydrogen (secondary N) is 1. The van der Waals surface area contributed by atoms with E-state index in [1.165, 1.54) is 5.56 Å². The second-order valence-electron chi connectivity index (χ2n) is 7.25. The molecule has 0 radical (unpaired) electrons. The van der Waals surface area contributed by atoms with Gasteiger partial charge in [-0.3, -0.25) is 4.79 Å². The smallest absolute Gasteiger partial charge is 0.253 e. The highest BCUT2D eigenvalue weighted by molar-refractivity contribution is 6.08. The van der Waals surface area contributed by atoms with Crippen LogP contribution in [0.1, 0.15) is 28.0 Å². The standard InChI is InChI=1S/C22H24N2O3/c1-14-21(18-12-17(25)7-8-19(18)24(14)2)22(26)23-13-15-9-10-27-20-6-4-3-5-16(20)11-15/h3-8,12,15,25H,9-11,13H2,1-2H3,(H,23,26). The highest BCUT2D eigenvalue weighted by Crippen LogP contribution is 2.29. The van der Waals surface area contributed by atoms with Gasteiger partial charge in [-0.2, -0.15) is 0 Å². The maximum atomic E-state index is 12.9. The van der Waals surface area contributed by atoms with Crippen molar-refractivity contribution >= 4 is 16.8 Å². The van der Waals surface area contributed by atoms with Gasteiger partial charge in [-0.15, -0.1) is 0 Å². The third-order valence-corrected chi connectivity index (χ3v) is 5.52. The fourth-order valence-corrected chi connectivity index (χ4v) is 3.91. The number of aromatic hydroxyl groups is 1. The molecular weight excluding hydrogens is 340 g/mol. The Hall–Kier alpha value is -2.95. The van der Waals surface area contributed by atoms with Crippen molar-refractivity contribution in [3.05, 3.63) is 59.3 Å². The van der Waals surface area contributed by atoms with Crippen LogP contribution in [0, 0.1) is 12.8 Å². The minimum Gasteiger partial charge on any atom is -0.508 e. The molecule has 2 heterocycles. The van der Waals surface area contributed by atoms with E-state index in [0.29, 0.717) is 24.6 Å². The molecule has 3 aromatic rings. The van der Waals surface area contributed by atoms with E-state index in [1.54, 1.807) is 12.1 Å². The van der Waals surface area contributed by atoms with E-state index in [1.807, 2.05) is 42.8 Å². The third kappa shape index (κ3) is 3.25. The van der Waals surface area contributed by atoms with Crippen LogP contribution >= 0.6 is 0 Å². The first-order valence-corrected chi connectivity index (χ1v) is 9.31. The number of hydrogen-bond donors (Lipinski definition) is 2. The Bertz CT molecular complexity index is 1010. The molecule has 0 bridgehead atoms. The average Bonchev–Trinajstić information content (AvgIpc) is 2.81. The number of carbonyl (C=O) groups is 1. The van der Waals surface area contributed by atoms with Gasteiger partial charge in [-0.05, 0) is 55.5 Å². The number of carbonyl (C=O) groups excluding carboxylic acids is 1.